The number of nitrogens with one attached hydrogen (secondary N) is 1. The first-order valence-electron chi connectivity index (χ1n) is 7.53. The number of amides is 2. The van der Waals surface area contributed by atoms with Crippen molar-refractivity contribution in [2.24, 2.45) is 0 Å². The second-order valence-electron chi connectivity index (χ2n) is 5.70. The number of aryl methyl sites for hydroxylation is 1. The lowest BCUT2D eigenvalue weighted by atomic mass is 10.0. The fourth-order valence-corrected chi connectivity index (χ4v) is 2.90. The lowest BCUT2D eigenvalue weighted by molar-refractivity contribution is 0.207. The van der Waals surface area contributed by atoms with Gasteiger partial charge in [0.1, 0.15) is 5.82 Å². The highest BCUT2D eigenvalue weighted by Crippen LogP contribution is 2.32. The first-order valence-corrected chi connectivity index (χ1v) is 7.53. The summed E-state index contributed by atoms with van der Waals surface area (Å²) in [6, 6.07) is 14.0. The van der Waals surface area contributed by atoms with Gasteiger partial charge in [-0.1, -0.05) is 29.8 Å². The summed E-state index contributed by atoms with van der Waals surface area (Å²) in [5.41, 5.74) is 2.79. The molecule has 1 N–H and O–H groups in total. The van der Waals surface area contributed by atoms with Crippen molar-refractivity contribution in [1.82, 2.24) is 4.90 Å². The Kier molecular flexibility index (Phi) is 4.09. The van der Waals surface area contributed by atoms with Crippen LogP contribution in [0.2, 0.25) is 0 Å². The molecule has 2 amide bonds. The molecule has 1 aliphatic heterocycles. The van der Waals surface area contributed by atoms with Gasteiger partial charge >= 0.3 is 6.03 Å². The SMILES string of the molecule is Cc1ccc(NC(=O)N2CCCC2c2cccc(F)c2)cc1. The standard InChI is InChI=1S/C18H19FN2O/c1-13-7-9-16(10-8-13)20-18(22)21-11-3-6-17(21)14-4-2-5-15(19)12-14/h2,4-5,7-10,12,17H,3,6,11H2,1H3,(H,20,22). The largest absolute Gasteiger partial charge is 0.322 e. The van der Waals surface area contributed by atoms with Crippen molar-refractivity contribution >= 4 is 11.7 Å². The first kappa shape index (κ1) is 14.6. The number of halogens is 1. The summed E-state index contributed by atoms with van der Waals surface area (Å²) in [6.45, 7) is 2.70. The molecule has 0 radical (unpaired) electrons. The van der Waals surface area contributed by atoms with Gasteiger partial charge in [0, 0.05) is 12.2 Å². The predicted molar refractivity (Wildman–Crippen MR) is 85.3 cm³/mol. The summed E-state index contributed by atoms with van der Waals surface area (Å²) in [6.07, 6.45) is 1.80. The van der Waals surface area contributed by atoms with Crippen molar-refractivity contribution in [2.45, 2.75) is 25.8 Å². The maximum Gasteiger partial charge on any atom is 0.322 e. The average Bonchev–Trinajstić information content (AvgIpc) is 2.99. The van der Waals surface area contributed by atoms with Gasteiger partial charge < -0.3 is 10.2 Å². The van der Waals surface area contributed by atoms with Gasteiger partial charge in [0.25, 0.3) is 0 Å². The quantitative estimate of drug-likeness (QED) is 0.869. The average molecular weight is 298 g/mol. The summed E-state index contributed by atoms with van der Waals surface area (Å²) >= 11 is 0. The highest BCUT2D eigenvalue weighted by atomic mass is 19.1. The third kappa shape index (κ3) is 3.11. The monoisotopic (exact) mass is 298 g/mol. The molecule has 3 nitrogen and oxygen atoms in total. The van der Waals surface area contributed by atoms with Gasteiger partial charge in [0.05, 0.1) is 6.04 Å². The summed E-state index contributed by atoms with van der Waals surface area (Å²) in [4.78, 5) is 14.3. The Morgan fingerprint density at radius 2 is 2.00 bits per heavy atom. The number of anilines is 1. The molecule has 114 valence electrons. The molecule has 0 aliphatic carbocycles. The van der Waals surface area contributed by atoms with Gasteiger partial charge in [-0.25, -0.2) is 9.18 Å². The molecule has 0 bridgehead atoms. The predicted octanol–water partition coefficient (Wildman–Crippen LogP) is 4.50. The second kappa shape index (κ2) is 6.18. The van der Waals surface area contributed by atoms with Crippen molar-refractivity contribution in [3.8, 4) is 0 Å². The maximum absolute atomic E-state index is 13.4. The van der Waals surface area contributed by atoms with Crippen LogP contribution >= 0.6 is 0 Å². The van der Waals surface area contributed by atoms with E-state index in [2.05, 4.69) is 5.32 Å². The topological polar surface area (TPSA) is 32.3 Å². The van der Waals surface area contributed by atoms with Crippen LogP contribution in [0.5, 0.6) is 0 Å². The lowest BCUT2D eigenvalue weighted by Crippen LogP contribution is -2.34. The van der Waals surface area contributed by atoms with E-state index >= 15 is 0 Å². The zero-order valence-electron chi connectivity index (χ0n) is 12.6. The fourth-order valence-electron chi connectivity index (χ4n) is 2.90. The lowest BCUT2D eigenvalue weighted by Gasteiger charge is -2.25. The molecule has 1 fully saturated rings. The zero-order chi connectivity index (χ0) is 15.5. The minimum absolute atomic E-state index is 0.0545. The van der Waals surface area contributed by atoms with E-state index in [1.165, 1.54) is 12.1 Å². The van der Waals surface area contributed by atoms with E-state index < -0.39 is 0 Å². The van der Waals surface area contributed by atoms with Crippen molar-refractivity contribution in [1.29, 1.82) is 0 Å². The summed E-state index contributed by atoms with van der Waals surface area (Å²) in [5.74, 6) is -0.261. The van der Waals surface area contributed by atoms with Crippen LogP contribution in [-0.2, 0) is 0 Å². The van der Waals surface area contributed by atoms with Crippen molar-refractivity contribution in [3.05, 3.63) is 65.5 Å². The highest BCUT2D eigenvalue weighted by molar-refractivity contribution is 5.89. The Balaban J connectivity index is 1.75. The molecule has 1 atom stereocenters. The van der Waals surface area contributed by atoms with Gasteiger partial charge in [-0.05, 0) is 49.6 Å². The van der Waals surface area contributed by atoms with Gasteiger partial charge in [0.15, 0.2) is 0 Å². The van der Waals surface area contributed by atoms with Crippen molar-refractivity contribution in [3.63, 3.8) is 0 Å². The number of likely N-dealkylation sites (tertiary alicyclic amines) is 1. The van der Waals surface area contributed by atoms with E-state index in [4.69, 9.17) is 0 Å². The molecular weight excluding hydrogens is 279 g/mol. The van der Waals surface area contributed by atoms with E-state index in [0.717, 1.165) is 29.7 Å². The summed E-state index contributed by atoms with van der Waals surface area (Å²) < 4.78 is 13.4. The van der Waals surface area contributed by atoms with Crippen LogP contribution in [0.4, 0.5) is 14.9 Å². The molecule has 1 unspecified atom stereocenters. The van der Waals surface area contributed by atoms with E-state index in [9.17, 15) is 9.18 Å². The van der Waals surface area contributed by atoms with Crippen molar-refractivity contribution < 1.29 is 9.18 Å². The number of hydrogen-bond donors (Lipinski definition) is 1. The van der Waals surface area contributed by atoms with Crippen LogP contribution in [0.15, 0.2) is 48.5 Å². The van der Waals surface area contributed by atoms with Crippen LogP contribution in [-0.4, -0.2) is 17.5 Å². The highest BCUT2D eigenvalue weighted by Gasteiger charge is 2.30. The van der Waals surface area contributed by atoms with Crippen molar-refractivity contribution in [2.75, 3.05) is 11.9 Å². The molecule has 1 aliphatic rings. The fraction of sp³-hybridized carbons (Fsp3) is 0.278. The molecule has 1 saturated heterocycles. The smallest absolute Gasteiger partial charge is 0.317 e. The Bertz CT molecular complexity index is 669. The maximum atomic E-state index is 13.4. The van der Waals surface area contributed by atoms with E-state index in [0.29, 0.717) is 6.54 Å². The van der Waals surface area contributed by atoms with Gasteiger partial charge in [-0.3, -0.25) is 0 Å². The molecule has 0 aromatic heterocycles. The first-order chi connectivity index (χ1) is 10.6. The molecule has 4 heteroatoms. The number of urea groups is 1. The number of rotatable bonds is 2. The molecule has 3 rings (SSSR count). The molecule has 0 spiro atoms. The van der Waals surface area contributed by atoms with E-state index in [1.54, 1.807) is 11.0 Å². The normalized spacial score (nSPS) is 17.5. The molecular formula is C18H19FN2O. The van der Waals surface area contributed by atoms with Crippen LogP contribution in [0.1, 0.15) is 30.0 Å². The number of benzene rings is 2. The number of carbonyl (C=O) groups excluding carboxylic acids is 1. The zero-order valence-corrected chi connectivity index (χ0v) is 12.6. The minimum atomic E-state index is -0.261. The molecule has 0 saturated carbocycles. The van der Waals surface area contributed by atoms with Gasteiger partial charge in [-0.15, -0.1) is 0 Å². The molecule has 22 heavy (non-hydrogen) atoms. The molecule has 2 aromatic rings. The molecule has 1 heterocycles. The Morgan fingerprint density at radius 3 is 2.73 bits per heavy atom. The number of carbonyl (C=O) groups is 1. The van der Waals surface area contributed by atoms with Crippen LogP contribution < -0.4 is 5.32 Å². The van der Waals surface area contributed by atoms with Crippen LogP contribution in [0, 0.1) is 12.7 Å². The molecule has 2 aromatic carbocycles. The van der Waals surface area contributed by atoms with Gasteiger partial charge in [-0.2, -0.15) is 0 Å². The van der Waals surface area contributed by atoms with Gasteiger partial charge in [0.2, 0.25) is 0 Å². The summed E-state index contributed by atoms with van der Waals surface area (Å²) in [5, 5.41) is 2.92. The third-order valence-corrected chi connectivity index (χ3v) is 4.05. The number of hydrogen-bond acceptors (Lipinski definition) is 1. The Hall–Kier alpha value is -2.36. The van der Waals surface area contributed by atoms with E-state index in [-0.39, 0.29) is 17.9 Å². The second-order valence-corrected chi connectivity index (χ2v) is 5.70. The number of nitrogens with zero attached hydrogens (tertiary/aromatic N) is 1. The third-order valence-electron chi connectivity index (χ3n) is 4.05. The minimum Gasteiger partial charge on any atom is -0.317 e. The van der Waals surface area contributed by atoms with E-state index in [1.807, 2.05) is 37.3 Å². The Morgan fingerprint density at radius 1 is 1.23 bits per heavy atom. The summed E-state index contributed by atoms with van der Waals surface area (Å²) in [7, 11) is 0. The van der Waals surface area contributed by atoms with Crippen LogP contribution in [0.25, 0.3) is 0 Å². The Labute approximate surface area is 129 Å². The van der Waals surface area contributed by atoms with Crippen LogP contribution in [0.3, 0.4) is 0 Å².